The molecule has 1 aromatic heterocycles. The van der Waals surface area contributed by atoms with Gasteiger partial charge in [0.05, 0.1) is 10.6 Å². The zero-order valence-electron chi connectivity index (χ0n) is 8.18. The van der Waals surface area contributed by atoms with Crippen molar-refractivity contribution in [2.75, 3.05) is 6.54 Å². The first kappa shape index (κ1) is 12.0. The third kappa shape index (κ3) is 3.53. The van der Waals surface area contributed by atoms with Crippen LogP contribution in [0.4, 0.5) is 0 Å². The number of carbonyl (C=O) groups is 1. The van der Waals surface area contributed by atoms with E-state index in [0.717, 1.165) is 5.57 Å². The number of nitrogens with zero attached hydrogens (tertiary/aromatic N) is 1. The quantitative estimate of drug-likeness (QED) is 0.657. The van der Waals surface area contributed by atoms with E-state index in [1.54, 1.807) is 0 Å². The summed E-state index contributed by atoms with van der Waals surface area (Å²) in [6.07, 6.45) is 1.38. The van der Waals surface area contributed by atoms with Crippen molar-refractivity contribution in [2.45, 2.75) is 6.92 Å². The Kier molecular flexibility index (Phi) is 4.12. The molecule has 1 aromatic rings. The summed E-state index contributed by atoms with van der Waals surface area (Å²) >= 11 is 11.4. The minimum absolute atomic E-state index is 0.188. The summed E-state index contributed by atoms with van der Waals surface area (Å²) in [6, 6.07) is 1.48. The number of halogens is 2. The van der Waals surface area contributed by atoms with E-state index in [4.69, 9.17) is 23.2 Å². The van der Waals surface area contributed by atoms with Crippen LogP contribution in [-0.4, -0.2) is 17.4 Å². The molecule has 0 saturated heterocycles. The Hall–Kier alpha value is -1.06. The second kappa shape index (κ2) is 5.14. The lowest BCUT2D eigenvalue weighted by Crippen LogP contribution is -2.24. The minimum Gasteiger partial charge on any atom is -0.348 e. The van der Waals surface area contributed by atoms with E-state index in [2.05, 4.69) is 16.9 Å². The maximum atomic E-state index is 11.5. The highest BCUT2D eigenvalue weighted by Gasteiger charge is 2.08. The Morgan fingerprint density at radius 3 is 2.80 bits per heavy atom. The van der Waals surface area contributed by atoms with Crippen molar-refractivity contribution in [1.29, 1.82) is 0 Å². The largest absolute Gasteiger partial charge is 0.348 e. The SMILES string of the molecule is C=C(C)CNC(=O)c1cnc(Cl)c(Cl)c1. The molecule has 0 saturated carbocycles. The van der Waals surface area contributed by atoms with Gasteiger partial charge in [0.2, 0.25) is 0 Å². The topological polar surface area (TPSA) is 42.0 Å². The van der Waals surface area contributed by atoms with Gasteiger partial charge >= 0.3 is 0 Å². The number of amides is 1. The molecule has 1 N–H and O–H groups in total. The zero-order chi connectivity index (χ0) is 11.4. The minimum atomic E-state index is -0.246. The molecule has 0 spiro atoms. The highest BCUT2D eigenvalue weighted by molar-refractivity contribution is 6.41. The monoisotopic (exact) mass is 244 g/mol. The first-order valence-electron chi connectivity index (χ1n) is 4.24. The van der Waals surface area contributed by atoms with Crippen LogP contribution in [0.5, 0.6) is 0 Å². The van der Waals surface area contributed by atoms with Gasteiger partial charge in [-0.2, -0.15) is 0 Å². The lowest BCUT2D eigenvalue weighted by molar-refractivity contribution is 0.0956. The summed E-state index contributed by atoms with van der Waals surface area (Å²) in [5, 5.41) is 3.12. The number of hydrogen-bond donors (Lipinski definition) is 1. The van der Waals surface area contributed by atoms with Crippen LogP contribution >= 0.6 is 23.2 Å². The van der Waals surface area contributed by atoms with Crippen molar-refractivity contribution in [1.82, 2.24) is 10.3 Å². The fraction of sp³-hybridized carbons (Fsp3) is 0.200. The molecule has 80 valence electrons. The summed E-state index contributed by atoms with van der Waals surface area (Å²) in [7, 11) is 0. The molecule has 1 rings (SSSR count). The standard InChI is InChI=1S/C10H10Cl2N2O/c1-6(2)4-14-10(15)7-3-8(11)9(12)13-5-7/h3,5H,1,4H2,2H3,(H,14,15). The molecule has 0 bridgehead atoms. The van der Waals surface area contributed by atoms with Gasteiger partial charge in [-0.15, -0.1) is 0 Å². The molecule has 1 amide bonds. The lowest BCUT2D eigenvalue weighted by Gasteiger charge is -2.04. The Balaban J connectivity index is 2.74. The molecule has 0 aliphatic heterocycles. The fourth-order valence-corrected chi connectivity index (χ4v) is 1.15. The molecule has 0 aliphatic rings. The van der Waals surface area contributed by atoms with Gasteiger partial charge in [0.15, 0.2) is 0 Å². The van der Waals surface area contributed by atoms with Crippen LogP contribution in [0.2, 0.25) is 10.2 Å². The van der Waals surface area contributed by atoms with E-state index in [9.17, 15) is 4.79 Å². The van der Waals surface area contributed by atoms with Crippen molar-refractivity contribution in [3.8, 4) is 0 Å². The smallest absolute Gasteiger partial charge is 0.253 e. The molecule has 0 aliphatic carbocycles. The fourth-order valence-electron chi connectivity index (χ4n) is 0.879. The van der Waals surface area contributed by atoms with Gasteiger partial charge in [-0.1, -0.05) is 35.4 Å². The average molecular weight is 245 g/mol. The van der Waals surface area contributed by atoms with E-state index < -0.39 is 0 Å². The number of pyridine rings is 1. The van der Waals surface area contributed by atoms with Crippen molar-refractivity contribution < 1.29 is 4.79 Å². The predicted octanol–water partition coefficient (Wildman–Crippen LogP) is 2.69. The summed E-state index contributed by atoms with van der Waals surface area (Å²) < 4.78 is 0. The molecular formula is C10H10Cl2N2O. The molecule has 0 unspecified atom stereocenters. The first-order valence-corrected chi connectivity index (χ1v) is 5.00. The molecule has 5 heteroatoms. The highest BCUT2D eigenvalue weighted by atomic mass is 35.5. The van der Waals surface area contributed by atoms with E-state index in [-0.39, 0.29) is 16.1 Å². The molecule has 0 aromatic carbocycles. The van der Waals surface area contributed by atoms with Gasteiger partial charge in [0, 0.05) is 12.7 Å². The maximum Gasteiger partial charge on any atom is 0.253 e. The molecular weight excluding hydrogens is 235 g/mol. The molecule has 3 nitrogen and oxygen atoms in total. The van der Waals surface area contributed by atoms with Gasteiger partial charge in [-0.25, -0.2) is 4.98 Å². The van der Waals surface area contributed by atoms with Gasteiger partial charge < -0.3 is 5.32 Å². The second-order valence-corrected chi connectivity index (χ2v) is 3.90. The highest BCUT2D eigenvalue weighted by Crippen LogP contribution is 2.19. The van der Waals surface area contributed by atoms with Crippen molar-refractivity contribution in [2.24, 2.45) is 0 Å². The number of aromatic nitrogens is 1. The van der Waals surface area contributed by atoms with E-state index in [1.807, 2.05) is 6.92 Å². The van der Waals surface area contributed by atoms with Crippen LogP contribution in [0.3, 0.4) is 0 Å². The second-order valence-electron chi connectivity index (χ2n) is 3.14. The van der Waals surface area contributed by atoms with E-state index in [0.29, 0.717) is 12.1 Å². The molecule has 0 radical (unpaired) electrons. The van der Waals surface area contributed by atoms with Crippen LogP contribution in [0.1, 0.15) is 17.3 Å². The van der Waals surface area contributed by atoms with Gasteiger partial charge in [0.1, 0.15) is 5.15 Å². The number of rotatable bonds is 3. The number of nitrogens with one attached hydrogen (secondary N) is 1. The summed E-state index contributed by atoms with van der Waals surface area (Å²) in [5.74, 6) is -0.246. The van der Waals surface area contributed by atoms with Gasteiger partial charge in [-0.05, 0) is 13.0 Å². The molecule has 1 heterocycles. The Morgan fingerprint density at radius 1 is 1.60 bits per heavy atom. The zero-order valence-corrected chi connectivity index (χ0v) is 9.69. The average Bonchev–Trinajstić information content (AvgIpc) is 2.18. The summed E-state index contributed by atoms with van der Waals surface area (Å²) in [6.45, 7) is 5.93. The molecule has 15 heavy (non-hydrogen) atoms. The van der Waals surface area contributed by atoms with E-state index in [1.165, 1.54) is 12.3 Å². The van der Waals surface area contributed by atoms with Crippen molar-refractivity contribution in [3.63, 3.8) is 0 Å². The third-order valence-electron chi connectivity index (χ3n) is 1.61. The van der Waals surface area contributed by atoms with Gasteiger partial charge in [-0.3, -0.25) is 4.79 Å². The maximum absolute atomic E-state index is 11.5. The Bertz CT molecular complexity index is 404. The number of hydrogen-bond acceptors (Lipinski definition) is 2. The number of carbonyl (C=O) groups excluding carboxylic acids is 1. The lowest BCUT2D eigenvalue weighted by atomic mass is 10.2. The van der Waals surface area contributed by atoms with Crippen molar-refractivity contribution >= 4 is 29.1 Å². The van der Waals surface area contributed by atoms with Crippen molar-refractivity contribution in [3.05, 3.63) is 40.2 Å². The predicted molar refractivity (Wildman–Crippen MR) is 61.4 cm³/mol. The van der Waals surface area contributed by atoms with E-state index >= 15 is 0 Å². The normalized spacial score (nSPS) is 9.80. The first-order chi connectivity index (χ1) is 7.00. The van der Waals surface area contributed by atoms with Crippen LogP contribution < -0.4 is 5.32 Å². The van der Waals surface area contributed by atoms with Gasteiger partial charge in [0.25, 0.3) is 5.91 Å². The molecule has 0 fully saturated rings. The Morgan fingerprint density at radius 2 is 2.27 bits per heavy atom. The van der Waals surface area contributed by atoms with Crippen LogP contribution in [-0.2, 0) is 0 Å². The molecule has 0 atom stereocenters. The van der Waals surface area contributed by atoms with Crippen LogP contribution in [0.25, 0.3) is 0 Å². The summed E-state index contributed by atoms with van der Waals surface area (Å²) in [5.41, 5.74) is 1.25. The Labute approximate surface area is 98.1 Å². The summed E-state index contributed by atoms with van der Waals surface area (Å²) in [4.78, 5) is 15.3. The van der Waals surface area contributed by atoms with Crippen LogP contribution in [0, 0.1) is 0 Å². The third-order valence-corrected chi connectivity index (χ3v) is 2.30. The van der Waals surface area contributed by atoms with Crippen LogP contribution in [0.15, 0.2) is 24.4 Å².